The van der Waals surface area contributed by atoms with Crippen LogP contribution in [0, 0.1) is 0 Å². The molecule has 1 aromatic carbocycles. The molecule has 1 aliphatic rings. The Morgan fingerprint density at radius 2 is 1.92 bits per heavy atom. The van der Waals surface area contributed by atoms with Gasteiger partial charge in [-0.25, -0.2) is 0 Å². The third-order valence-electron chi connectivity index (χ3n) is 4.33. The Labute approximate surface area is 151 Å². The molecular weight excluding hydrogens is 336 g/mol. The molecule has 6 nitrogen and oxygen atoms in total. The first-order chi connectivity index (χ1) is 12.2. The molecule has 132 valence electrons. The summed E-state index contributed by atoms with van der Waals surface area (Å²) in [6.07, 6.45) is 3.26. The van der Waals surface area contributed by atoms with Crippen molar-refractivity contribution in [2.75, 3.05) is 18.4 Å². The molecular formula is C18H22N4O2S. The molecule has 7 heteroatoms. The van der Waals surface area contributed by atoms with Crippen LogP contribution in [0.3, 0.4) is 0 Å². The van der Waals surface area contributed by atoms with Crippen molar-refractivity contribution in [3.8, 4) is 0 Å². The van der Waals surface area contributed by atoms with Crippen molar-refractivity contribution >= 4 is 28.8 Å². The molecule has 0 bridgehead atoms. The van der Waals surface area contributed by atoms with E-state index in [9.17, 15) is 9.59 Å². The predicted molar refractivity (Wildman–Crippen MR) is 97.8 cm³/mol. The number of carbonyl (C=O) groups is 2. The Hall–Kier alpha value is -2.28. The van der Waals surface area contributed by atoms with Crippen molar-refractivity contribution in [2.24, 2.45) is 0 Å². The van der Waals surface area contributed by atoms with Gasteiger partial charge in [0.1, 0.15) is 5.01 Å². The molecule has 0 saturated carbocycles. The van der Waals surface area contributed by atoms with E-state index in [1.165, 1.54) is 11.3 Å². The molecule has 0 aliphatic carbocycles. The van der Waals surface area contributed by atoms with E-state index in [-0.39, 0.29) is 17.7 Å². The number of nitrogens with one attached hydrogen (secondary N) is 1. The van der Waals surface area contributed by atoms with Crippen LogP contribution in [0.1, 0.15) is 53.3 Å². The molecule has 0 spiro atoms. The average molecular weight is 358 g/mol. The molecule has 1 N–H and O–H groups in total. The minimum absolute atomic E-state index is 0.231. The van der Waals surface area contributed by atoms with Crippen molar-refractivity contribution in [1.82, 2.24) is 15.1 Å². The number of likely N-dealkylation sites (tertiary alicyclic amines) is 1. The van der Waals surface area contributed by atoms with E-state index in [1.807, 2.05) is 42.2 Å². The Balaban J connectivity index is 1.57. The Kier molecular flexibility index (Phi) is 5.75. The van der Waals surface area contributed by atoms with Gasteiger partial charge in [0.15, 0.2) is 0 Å². The zero-order chi connectivity index (χ0) is 17.6. The summed E-state index contributed by atoms with van der Waals surface area (Å²) in [5.74, 6) is 0.285. The van der Waals surface area contributed by atoms with Crippen LogP contribution in [-0.4, -0.2) is 40.0 Å². The Bertz CT molecular complexity index is 724. The second-order valence-corrected chi connectivity index (χ2v) is 7.18. The fourth-order valence-corrected chi connectivity index (χ4v) is 3.85. The van der Waals surface area contributed by atoms with Gasteiger partial charge in [-0.2, -0.15) is 0 Å². The monoisotopic (exact) mass is 358 g/mol. The van der Waals surface area contributed by atoms with E-state index in [1.54, 1.807) is 0 Å². The van der Waals surface area contributed by atoms with E-state index in [0.29, 0.717) is 11.4 Å². The van der Waals surface area contributed by atoms with Crippen molar-refractivity contribution < 1.29 is 9.59 Å². The third-order valence-corrected chi connectivity index (χ3v) is 5.41. The maximum Gasteiger partial charge on any atom is 0.286 e. The summed E-state index contributed by atoms with van der Waals surface area (Å²) in [7, 11) is 0. The van der Waals surface area contributed by atoms with Crippen LogP contribution in [0.25, 0.3) is 0 Å². The number of aromatic nitrogens is 2. The van der Waals surface area contributed by atoms with E-state index >= 15 is 0 Å². The van der Waals surface area contributed by atoms with E-state index in [4.69, 9.17) is 0 Å². The molecule has 2 heterocycles. The van der Waals surface area contributed by atoms with Crippen LogP contribution in [0.2, 0.25) is 0 Å². The van der Waals surface area contributed by atoms with Gasteiger partial charge in [0.25, 0.3) is 5.91 Å². The molecule has 1 saturated heterocycles. The van der Waals surface area contributed by atoms with Gasteiger partial charge in [0.05, 0.1) is 0 Å². The Morgan fingerprint density at radius 3 is 2.60 bits per heavy atom. The first-order valence-electron chi connectivity index (χ1n) is 8.65. The van der Waals surface area contributed by atoms with Crippen molar-refractivity contribution in [3.05, 3.63) is 40.3 Å². The predicted octanol–water partition coefficient (Wildman–Crippen LogP) is 3.30. The van der Waals surface area contributed by atoms with Gasteiger partial charge in [-0.05, 0) is 31.4 Å². The minimum atomic E-state index is -0.231. The number of nitrogens with zero attached hydrogens (tertiary/aromatic N) is 3. The second kappa shape index (κ2) is 8.20. The van der Waals surface area contributed by atoms with Crippen molar-refractivity contribution in [1.29, 1.82) is 0 Å². The Morgan fingerprint density at radius 1 is 1.20 bits per heavy atom. The van der Waals surface area contributed by atoms with Gasteiger partial charge in [-0.3, -0.25) is 9.59 Å². The molecule has 0 atom stereocenters. The quantitative estimate of drug-likeness (QED) is 0.890. The van der Waals surface area contributed by atoms with E-state index in [2.05, 4.69) is 15.5 Å². The zero-order valence-electron chi connectivity index (χ0n) is 14.3. The summed E-state index contributed by atoms with van der Waals surface area (Å²) < 4.78 is 0. The molecule has 2 aromatic rings. The maximum atomic E-state index is 12.3. The smallest absolute Gasteiger partial charge is 0.286 e. The first kappa shape index (κ1) is 17.5. The molecule has 3 rings (SSSR count). The zero-order valence-corrected chi connectivity index (χ0v) is 15.1. The number of para-hydroxylation sites is 1. The molecule has 1 aromatic heterocycles. The number of piperidine rings is 1. The number of rotatable bonds is 5. The minimum Gasteiger partial charge on any atom is -0.343 e. The van der Waals surface area contributed by atoms with Crippen molar-refractivity contribution in [2.45, 2.75) is 38.5 Å². The van der Waals surface area contributed by atoms with Crippen LogP contribution in [0.15, 0.2) is 30.3 Å². The summed E-state index contributed by atoms with van der Waals surface area (Å²) >= 11 is 1.35. The average Bonchev–Trinajstić information content (AvgIpc) is 3.13. The lowest BCUT2D eigenvalue weighted by Gasteiger charge is -2.30. The molecule has 25 heavy (non-hydrogen) atoms. The summed E-state index contributed by atoms with van der Waals surface area (Å²) in [4.78, 5) is 26.2. The molecule has 2 amide bonds. The lowest BCUT2D eigenvalue weighted by molar-refractivity contribution is -0.132. The highest BCUT2D eigenvalue weighted by atomic mass is 32.1. The first-order valence-corrected chi connectivity index (χ1v) is 9.46. The topological polar surface area (TPSA) is 75.2 Å². The fourth-order valence-electron chi connectivity index (χ4n) is 2.95. The van der Waals surface area contributed by atoms with Crippen LogP contribution >= 0.6 is 11.3 Å². The lowest BCUT2D eigenvalue weighted by Crippen LogP contribution is -2.37. The largest absolute Gasteiger partial charge is 0.343 e. The third kappa shape index (κ3) is 4.42. The van der Waals surface area contributed by atoms with E-state index in [0.717, 1.165) is 43.0 Å². The maximum absolute atomic E-state index is 12.3. The highest BCUT2D eigenvalue weighted by Gasteiger charge is 2.26. The lowest BCUT2D eigenvalue weighted by atomic mass is 9.97. The number of anilines is 1. The summed E-state index contributed by atoms with van der Waals surface area (Å²) in [5.41, 5.74) is 0.743. The number of benzene rings is 1. The van der Waals surface area contributed by atoms with E-state index < -0.39 is 0 Å². The van der Waals surface area contributed by atoms with Crippen molar-refractivity contribution in [3.63, 3.8) is 0 Å². The van der Waals surface area contributed by atoms with Crippen LogP contribution in [-0.2, 0) is 4.79 Å². The number of hydrogen-bond donors (Lipinski definition) is 1. The highest BCUT2D eigenvalue weighted by molar-refractivity contribution is 7.13. The standard InChI is InChI=1S/C18H22N4O2S/c1-2-6-15(23)22-11-9-13(10-12-22)17-20-21-18(25-17)16(24)19-14-7-4-3-5-8-14/h3-5,7-8,13H,2,6,9-12H2,1H3,(H,19,24). The fraction of sp³-hybridized carbons (Fsp3) is 0.444. The molecule has 0 unspecified atom stereocenters. The summed E-state index contributed by atoms with van der Waals surface area (Å²) in [6.45, 7) is 3.54. The van der Waals surface area contributed by atoms with Crippen LogP contribution in [0.4, 0.5) is 5.69 Å². The van der Waals surface area contributed by atoms with Gasteiger partial charge in [0.2, 0.25) is 10.9 Å². The van der Waals surface area contributed by atoms with Gasteiger partial charge in [-0.15, -0.1) is 10.2 Å². The number of hydrogen-bond acceptors (Lipinski definition) is 5. The molecule has 1 fully saturated rings. The number of amides is 2. The van der Waals surface area contributed by atoms with Crippen LogP contribution in [0.5, 0.6) is 0 Å². The second-order valence-electron chi connectivity index (χ2n) is 6.17. The summed E-state index contributed by atoms with van der Waals surface area (Å²) in [6, 6.07) is 9.31. The molecule has 0 radical (unpaired) electrons. The molecule has 1 aliphatic heterocycles. The SMILES string of the molecule is CCCC(=O)N1CCC(c2nnc(C(=O)Nc3ccccc3)s2)CC1. The van der Waals surface area contributed by atoms with Gasteiger partial charge >= 0.3 is 0 Å². The normalized spacial score (nSPS) is 15.2. The van der Waals surface area contributed by atoms with Crippen LogP contribution < -0.4 is 5.32 Å². The highest BCUT2D eigenvalue weighted by Crippen LogP contribution is 2.30. The van der Waals surface area contributed by atoms with Gasteiger partial charge < -0.3 is 10.2 Å². The summed E-state index contributed by atoms with van der Waals surface area (Å²) in [5, 5.41) is 12.4. The van der Waals surface area contributed by atoms with Gasteiger partial charge in [0, 0.05) is 31.1 Å². The van der Waals surface area contributed by atoms with Gasteiger partial charge in [-0.1, -0.05) is 36.5 Å². The number of carbonyl (C=O) groups excluding carboxylic acids is 2.